The summed E-state index contributed by atoms with van der Waals surface area (Å²) in [5.74, 6) is 0. The Morgan fingerprint density at radius 1 is 0.571 bits per heavy atom. The zero-order valence-corrected chi connectivity index (χ0v) is 11.1. The van der Waals surface area contributed by atoms with Gasteiger partial charge in [-0.1, -0.05) is 0 Å². The van der Waals surface area contributed by atoms with E-state index in [2.05, 4.69) is 0 Å². The monoisotopic (exact) mass is 466 g/mol. The maximum absolute atomic E-state index is 6.97. The van der Waals surface area contributed by atoms with Crippen molar-refractivity contribution in [1.29, 1.82) is 0 Å². The van der Waals surface area contributed by atoms with Crippen molar-refractivity contribution >= 4 is 78.9 Å². The molecule has 3 nitrogen and oxygen atoms in total. The average molecular weight is 466 g/mol. The minimum Gasteiger partial charge on any atom is -0.331 e. The Bertz CT molecular complexity index is 10.1. The van der Waals surface area contributed by atoms with Crippen LogP contribution in [0.4, 0.5) is 0 Å². The standard InChI is InChI=1S/3HIO.H3P/c3*1-2;/h3*2H;1H3. The molecule has 0 heterocycles. The van der Waals surface area contributed by atoms with Crippen molar-refractivity contribution in [3.63, 3.8) is 0 Å². The topological polar surface area (TPSA) is 60.7 Å². The Morgan fingerprint density at radius 2 is 0.571 bits per heavy atom. The molecule has 0 rings (SSSR count). The van der Waals surface area contributed by atoms with E-state index >= 15 is 0 Å². The third-order valence-corrected chi connectivity index (χ3v) is 0. The molecule has 0 bridgehead atoms. The lowest BCUT2D eigenvalue weighted by atomic mass is 16.0. The van der Waals surface area contributed by atoms with Crippen LogP contribution >= 0.6 is 78.9 Å². The highest BCUT2D eigenvalue weighted by Gasteiger charge is 0.915. The minimum atomic E-state index is 0. The fourth-order valence-electron chi connectivity index (χ4n) is 0. The molecule has 0 saturated heterocycles. The first kappa shape index (κ1) is 22.7. The third-order valence-electron chi connectivity index (χ3n) is 0. The van der Waals surface area contributed by atoms with Crippen molar-refractivity contribution in [1.82, 2.24) is 0 Å². The maximum atomic E-state index is 6.97. The highest BCUT2D eigenvalue weighted by Crippen LogP contribution is 1.46. The second kappa shape index (κ2) is 76.5. The molecule has 3 N–H and O–H groups in total. The molecule has 0 amide bonds. The first-order valence-electron chi connectivity index (χ1n) is 0.507. The summed E-state index contributed by atoms with van der Waals surface area (Å²) in [7, 11) is 0. The molecule has 0 aromatic rings. The molecule has 0 aromatic carbocycles. The number of halogens is 3. The Labute approximate surface area is 88.0 Å². The van der Waals surface area contributed by atoms with Crippen molar-refractivity contribution in [2.75, 3.05) is 0 Å². The van der Waals surface area contributed by atoms with Gasteiger partial charge in [-0.05, 0) is 0 Å². The van der Waals surface area contributed by atoms with Gasteiger partial charge in [0.25, 0.3) is 0 Å². The highest BCUT2D eigenvalue weighted by atomic mass is 127. The van der Waals surface area contributed by atoms with E-state index in [9.17, 15) is 0 Å². The van der Waals surface area contributed by atoms with Gasteiger partial charge in [0.15, 0.2) is 0 Å². The summed E-state index contributed by atoms with van der Waals surface area (Å²) in [6.45, 7) is 0. The first-order valence-corrected chi connectivity index (χ1v) is 3.40. The predicted octanol–water partition coefficient (Wildman–Crippen LogP) is 1.04. The van der Waals surface area contributed by atoms with Gasteiger partial charge in [0.2, 0.25) is 0 Å². The van der Waals surface area contributed by atoms with Crippen LogP contribution in [-0.2, 0) is 0 Å². The summed E-state index contributed by atoms with van der Waals surface area (Å²) in [5.41, 5.74) is 0. The molecule has 0 saturated carbocycles. The third kappa shape index (κ3) is 57.5. The van der Waals surface area contributed by atoms with Crippen molar-refractivity contribution in [3.05, 3.63) is 0 Å². The van der Waals surface area contributed by atoms with E-state index < -0.39 is 0 Å². The minimum absolute atomic E-state index is 0. The molecule has 0 aliphatic carbocycles. The smallest absolute Gasteiger partial charge is 0.106 e. The van der Waals surface area contributed by atoms with Gasteiger partial charge < -0.3 is 10.3 Å². The fourth-order valence-corrected chi connectivity index (χ4v) is 0. The Morgan fingerprint density at radius 3 is 0.571 bits per heavy atom. The zero-order chi connectivity index (χ0) is 6.00. The van der Waals surface area contributed by atoms with Crippen molar-refractivity contribution < 1.29 is 10.3 Å². The van der Waals surface area contributed by atoms with Gasteiger partial charge in [0, 0.05) is 0 Å². The molecular formula is H6I3O3P. The molecule has 0 spiro atoms. The van der Waals surface area contributed by atoms with Crippen LogP contribution < -0.4 is 0 Å². The van der Waals surface area contributed by atoms with Gasteiger partial charge in [-0.2, -0.15) is 9.90 Å². The molecule has 0 fully saturated rings. The molecule has 0 radical (unpaired) electrons. The lowest BCUT2D eigenvalue weighted by molar-refractivity contribution is 0.748. The second-order valence-corrected chi connectivity index (χ2v) is 0. The molecule has 1 atom stereocenters. The molecular weight excluding hydrogens is 460 g/mol. The van der Waals surface area contributed by atoms with Gasteiger partial charge in [0.05, 0.1) is 0 Å². The van der Waals surface area contributed by atoms with Crippen molar-refractivity contribution in [3.8, 4) is 0 Å². The number of hydrogen-bond acceptors (Lipinski definition) is 3. The van der Waals surface area contributed by atoms with E-state index in [-0.39, 0.29) is 9.90 Å². The normalized spacial score (nSPS) is 2.57. The summed E-state index contributed by atoms with van der Waals surface area (Å²) in [6.07, 6.45) is 0. The van der Waals surface area contributed by atoms with Crippen LogP contribution in [0, 0.1) is 0 Å². The first-order chi connectivity index (χ1) is 3.00. The fraction of sp³-hybridized carbons (Fsp3) is 0. The largest absolute Gasteiger partial charge is 0.331 e. The quantitative estimate of drug-likeness (QED) is 0.370. The summed E-state index contributed by atoms with van der Waals surface area (Å²) >= 11 is 3.45. The van der Waals surface area contributed by atoms with Gasteiger partial charge in [-0.3, -0.25) is 0 Å². The zero-order valence-electron chi connectivity index (χ0n) is 3.18. The summed E-state index contributed by atoms with van der Waals surface area (Å²) in [6, 6.07) is 0. The van der Waals surface area contributed by atoms with E-state index in [4.69, 9.17) is 10.3 Å². The van der Waals surface area contributed by atoms with Crippen LogP contribution in [0.1, 0.15) is 0 Å². The summed E-state index contributed by atoms with van der Waals surface area (Å²) in [4.78, 5) is 0. The maximum Gasteiger partial charge on any atom is 0.106 e. The Balaban J connectivity index is -0.00000000900. The molecule has 50 valence electrons. The van der Waals surface area contributed by atoms with Crippen LogP contribution in [-0.4, -0.2) is 10.3 Å². The lowest BCUT2D eigenvalue weighted by Gasteiger charge is -1.14. The number of rotatable bonds is 0. The van der Waals surface area contributed by atoms with Crippen LogP contribution in [0.5, 0.6) is 0 Å². The lowest BCUT2D eigenvalue weighted by Crippen LogP contribution is -0.862. The Hall–Kier alpha value is 2.50. The van der Waals surface area contributed by atoms with E-state index in [0.717, 1.165) is 69.0 Å². The predicted molar refractivity (Wildman–Crippen MR) is 59.8 cm³/mol. The SMILES string of the molecule is OI.OI.OI.P. The van der Waals surface area contributed by atoms with Crippen molar-refractivity contribution in [2.24, 2.45) is 0 Å². The highest BCUT2D eigenvalue weighted by molar-refractivity contribution is 14.1. The second-order valence-electron chi connectivity index (χ2n) is 0. The van der Waals surface area contributed by atoms with E-state index in [1.165, 1.54) is 0 Å². The molecule has 0 aromatic heterocycles. The Kier molecular flexibility index (Phi) is 248. The molecule has 0 aliphatic rings. The summed E-state index contributed by atoms with van der Waals surface area (Å²) < 4.78 is 20.9. The van der Waals surface area contributed by atoms with E-state index in [1.807, 2.05) is 0 Å². The molecule has 7 heavy (non-hydrogen) atoms. The molecule has 7 heteroatoms. The summed E-state index contributed by atoms with van der Waals surface area (Å²) in [5, 5.41) is 0. The van der Waals surface area contributed by atoms with Crippen LogP contribution in [0.3, 0.4) is 0 Å². The molecule has 0 aliphatic heterocycles. The average Bonchev–Trinajstić information content (AvgIpc) is 1.81. The van der Waals surface area contributed by atoms with Gasteiger partial charge in [-0.15, -0.1) is 0 Å². The van der Waals surface area contributed by atoms with E-state index in [1.54, 1.807) is 0 Å². The molecule has 1 unspecified atom stereocenters. The number of hydrogen-bond donors (Lipinski definition) is 3. The van der Waals surface area contributed by atoms with Crippen LogP contribution in [0.15, 0.2) is 0 Å². The van der Waals surface area contributed by atoms with Crippen molar-refractivity contribution in [2.45, 2.75) is 0 Å². The van der Waals surface area contributed by atoms with Crippen LogP contribution in [0.25, 0.3) is 0 Å². The van der Waals surface area contributed by atoms with Gasteiger partial charge >= 0.3 is 0 Å². The van der Waals surface area contributed by atoms with E-state index in [0.29, 0.717) is 0 Å². The van der Waals surface area contributed by atoms with Gasteiger partial charge in [-0.25, -0.2) is 0 Å². The van der Waals surface area contributed by atoms with Crippen LogP contribution in [0.2, 0.25) is 0 Å². The van der Waals surface area contributed by atoms with Gasteiger partial charge in [0.1, 0.15) is 69.0 Å².